The number of amides is 1. The maximum absolute atomic E-state index is 11.4. The number of guanidine groups is 1. The van der Waals surface area contributed by atoms with Gasteiger partial charge in [0.15, 0.2) is 5.96 Å². The molecule has 0 radical (unpaired) electrons. The number of aromatic nitrogens is 1. The van der Waals surface area contributed by atoms with E-state index in [0.717, 1.165) is 81.9 Å². The molecule has 4 N–H and O–H groups in total. The Kier molecular flexibility index (Phi) is 8.74. The standard InChI is InChI=1S/C22H36N6O2/c1-2-24-22(26-11-4-14-30-16-17-6-7-17)27-15-19-5-3-10-25-21(19)28-12-8-18(9-13-28)20(23)29/h3,5,10,17-18H,2,4,6-9,11-16H2,1H3,(H2,23,29)(H2,24,26,27). The molecule has 1 amide bonds. The van der Waals surface area contributed by atoms with Gasteiger partial charge in [-0.2, -0.15) is 0 Å². The van der Waals surface area contributed by atoms with Crippen LogP contribution < -0.4 is 21.3 Å². The molecule has 8 nitrogen and oxygen atoms in total. The van der Waals surface area contributed by atoms with Crippen LogP contribution >= 0.6 is 0 Å². The minimum absolute atomic E-state index is 0.0238. The third-order valence-corrected chi connectivity index (χ3v) is 5.62. The fraction of sp³-hybridized carbons (Fsp3) is 0.682. The van der Waals surface area contributed by atoms with Crippen LogP contribution in [0, 0.1) is 11.8 Å². The highest BCUT2D eigenvalue weighted by Crippen LogP contribution is 2.28. The number of piperidine rings is 1. The number of nitrogens with two attached hydrogens (primary N) is 1. The van der Waals surface area contributed by atoms with Crippen molar-refractivity contribution < 1.29 is 9.53 Å². The van der Waals surface area contributed by atoms with Gasteiger partial charge in [-0.3, -0.25) is 4.79 Å². The number of primary amides is 1. The number of anilines is 1. The molecule has 0 aromatic carbocycles. The van der Waals surface area contributed by atoms with Gasteiger partial charge in [-0.05, 0) is 51.0 Å². The molecule has 2 aliphatic rings. The van der Waals surface area contributed by atoms with Gasteiger partial charge in [-0.15, -0.1) is 0 Å². The van der Waals surface area contributed by atoms with Crippen molar-refractivity contribution in [1.29, 1.82) is 0 Å². The summed E-state index contributed by atoms with van der Waals surface area (Å²) >= 11 is 0. The first-order chi connectivity index (χ1) is 14.7. The smallest absolute Gasteiger partial charge is 0.220 e. The van der Waals surface area contributed by atoms with E-state index in [0.29, 0.717) is 6.54 Å². The summed E-state index contributed by atoms with van der Waals surface area (Å²) in [7, 11) is 0. The number of hydrogen-bond acceptors (Lipinski definition) is 5. The monoisotopic (exact) mass is 416 g/mol. The molecule has 1 aliphatic heterocycles. The van der Waals surface area contributed by atoms with Crippen LogP contribution in [0.2, 0.25) is 0 Å². The zero-order chi connectivity index (χ0) is 21.2. The number of nitrogens with zero attached hydrogens (tertiary/aromatic N) is 3. The van der Waals surface area contributed by atoms with E-state index in [4.69, 9.17) is 15.5 Å². The SMILES string of the molecule is CCNC(=NCc1cccnc1N1CCC(C(N)=O)CC1)NCCCOCC1CC1. The Labute approximate surface area is 179 Å². The van der Waals surface area contributed by atoms with Crippen LogP contribution in [-0.4, -0.2) is 56.2 Å². The van der Waals surface area contributed by atoms with Crippen LogP contribution in [0.15, 0.2) is 23.3 Å². The topological polar surface area (TPSA) is 105 Å². The van der Waals surface area contributed by atoms with E-state index in [9.17, 15) is 4.79 Å². The van der Waals surface area contributed by atoms with Gasteiger partial charge in [0.05, 0.1) is 6.54 Å². The molecule has 1 aliphatic carbocycles. The molecule has 1 aromatic rings. The van der Waals surface area contributed by atoms with Gasteiger partial charge in [-0.25, -0.2) is 9.98 Å². The van der Waals surface area contributed by atoms with Crippen molar-refractivity contribution in [2.24, 2.45) is 22.6 Å². The number of carbonyl (C=O) groups is 1. The van der Waals surface area contributed by atoms with Crippen molar-refractivity contribution in [2.45, 2.75) is 45.6 Å². The molecule has 0 atom stereocenters. The molecule has 8 heteroatoms. The summed E-state index contributed by atoms with van der Waals surface area (Å²) < 4.78 is 5.69. The summed E-state index contributed by atoms with van der Waals surface area (Å²) in [6.45, 7) is 7.54. The molecule has 0 spiro atoms. The lowest BCUT2D eigenvalue weighted by Gasteiger charge is -2.32. The molecular formula is C22H36N6O2. The number of hydrogen-bond donors (Lipinski definition) is 3. The Morgan fingerprint density at radius 2 is 2.10 bits per heavy atom. The van der Waals surface area contributed by atoms with E-state index in [1.165, 1.54) is 12.8 Å². The van der Waals surface area contributed by atoms with E-state index in [-0.39, 0.29) is 11.8 Å². The predicted molar refractivity (Wildman–Crippen MR) is 119 cm³/mol. The van der Waals surface area contributed by atoms with Gasteiger partial charge < -0.3 is 26.0 Å². The van der Waals surface area contributed by atoms with Gasteiger partial charge in [0.1, 0.15) is 5.82 Å². The fourth-order valence-electron chi connectivity index (χ4n) is 3.64. The van der Waals surface area contributed by atoms with E-state index in [1.807, 2.05) is 12.3 Å². The second-order valence-corrected chi connectivity index (χ2v) is 8.14. The summed E-state index contributed by atoms with van der Waals surface area (Å²) in [5.74, 6) is 2.35. The van der Waals surface area contributed by atoms with Crippen molar-refractivity contribution in [2.75, 3.05) is 44.3 Å². The maximum Gasteiger partial charge on any atom is 0.220 e. The quantitative estimate of drug-likeness (QED) is 0.288. The Morgan fingerprint density at radius 1 is 1.30 bits per heavy atom. The number of ether oxygens (including phenoxy) is 1. The van der Waals surface area contributed by atoms with Gasteiger partial charge >= 0.3 is 0 Å². The molecule has 30 heavy (non-hydrogen) atoms. The second-order valence-electron chi connectivity index (χ2n) is 8.14. The van der Waals surface area contributed by atoms with Crippen LogP contribution in [0.25, 0.3) is 0 Å². The molecule has 1 saturated heterocycles. The summed E-state index contributed by atoms with van der Waals surface area (Å²) in [5, 5.41) is 6.69. The van der Waals surface area contributed by atoms with Crippen molar-refractivity contribution in [1.82, 2.24) is 15.6 Å². The minimum atomic E-state index is -0.195. The first kappa shape index (κ1) is 22.3. The Bertz CT molecular complexity index is 699. The molecule has 2 fully saturated rings. The average molecular weight is 417 g/mol. The molecule has 1 saturated carbocycles. The van der Waals surface area contributed by atoms with Crippen LogP contribution in [0.1, 0.15) is 44.6 Å². The number of carbonyl (C=O) groups excluding carboxylic acids is 1. The predicted octanol–water partition coefficient (Wildman–Crippen LogP) is 1.66. The third kappa shape index (κ3) is 7.16. The summed E-state index contributed by atoms with van der Waals surface area (Å²) in [6, 6.07) is 4.02. The van der Waals surface area contributed by atoms with Gasteiger partial charge in [0, 0.05) is 57.1 Å². The third-order valence-electron chi connectivity index (χ3n) is 5.62. The Balaban J connectivity index is 1.50. The van der Waals surface area contributed by atoms with Crippen molar-refractivity contribution in [3.63, 3.8) is 0 Å². The molecule has 1 aromatic heterocycles. The highest BCUT2D eigenvalue weighted by Gasteiger charge is 2.25. The number of nitrogens with one attached hydrogen (secondary N) is 2. The lowest BCUT2D eigenvalue weighted by molar-refractivity contribution is -0.122. The average Bonchev–Trinajstić information content (AvgIpc) is 3.59. The fourth-order valence-corrected chi connectivity index (χ4v) is 3.64. The van der Waals surface area contributed by atoms with Crippen molar-refractivity contribution in [3.8, 4) is 0 Å². The van der Waals surface area contributed by atoms with Crippen molar-refractivity contribution >= 4 is 17.7 Å². The first-order valence-electron chi connectivity index (χ1n) is 11.3. The second kappa shape index (κ2) is 11.7. The molecule has 0 bridgehead atoms. The number of aliphatic imine (C=N–C) groups is 1. The summed E-state index contributed by atoms with van der Waals surface area (Å²) in [6.07, 6.45) is 6.99. The Hall–Kier alpha value is -2.35. The van der Waals surface area contributed by atoms with Crippen LogP contribution in [0.5, 0.6) is 0 Å². The normalized spacial score (nSPS) is 17.8. The van der Waals surface area contributed by atoms with Gasteiger partial charge in [0.25, 0.3) is 0 Å². The summed E-state index contributed by atoms with van der Waals surface area (Å²) in [5.41, 5.74) is 6.54. The highest BCUT2D eigenvalue weighted by molar-refractivity contribution is 5.79. The van der Waals surface area contributed by atoms with E-state index >= 15 is 0 Å². The number of pyridine rings is 1. The molecule has 3 rings (SSSR count). The molecule has 166 valence electrons. The van der Waals surface area contributed by atoms with Gasteiger partial charge in [-0.1, -0.05) is 6.07 Å². The van der Waals surface area contributed by atoms with Crippen LogP contribution in [-0.2, 0) is 16.1 Å². The first-order valence-corrected chi connectivity index (χ1v) is 11.3. The van der Waals surface area contributed by atoms with Crippen LogP contribution in [0.4, 0.5) is 5.82 Å². The molecular weight excluding hydrogens is 380 g/mol. The van der Waals surface area contributed by atoms with Gasteiger partial charge in [0.2, 0.25) is 5.91 Å². The van der Waals surface area contributed by atoms with E-state index in [2.05, 4.69) is 33.5 Å². The zero-order valence-electron chi connectivity index (χ0n) is 18.1. The lowest BCUT2D eigenvalue weighted by atomic mass is 9.96. The largest absolute Gasteiger partial charge is 0.381 e. The molecule has 2 heterocycles. The number of rotatable bonds is 11. The van der Waals surface area contributed by atoms with Crippen molar-refractivity contribution in [3.05, 3.63) is 23.9 Å². The van der Waals surface area contributed by atoms with E-state index < -0.39 is 0 Å². The highest BCUT2D eigenvalue weighted by atomic mass is 16.5. The summed E-state index contributed by atoms with van der Waals surface area (Å²) in [4.78, 5) is 23.0. The maximum atomic E-state index is 11.4. The lowest BCUT2D eigenvalue weighted by Crippen LogP contribution is -2.39. The Morgan fingerprint density at radius 3 is 2.80 bits per heavy atom. The minimum Gasteiger partial charge on any atom is -0.381 e. The van der Waals surface area contributed by atoms with E-state index in [1.54, 1.807) is 0 Å². The zero-order valence-corrected chi connectivity index (χ0v) is 18.1. The van der Waals surface area contributed by atoms with Crippen LogP contribution in [0.3, 0.4) is 0 Å². The molecule has 0 unspecified atom stereocenters.